The number of hydrogen-bond donors (Lipinski definition) is 2. The summed E-state index contributed by atoms with van der Waals surface area (Å²) in [7, 11) is 0. The molecule has 28 heavy (non-hydrogen) atoms. The van der Waals surface area contributed by atoms with Gasteiger partial charge in [-0.1, -0.05) is 0 Å². The van der Waals surface area contributed by atoms with Crippen molar-refractivity contribution in [1.29, 1.82) is 0 Å². The van der Waals surface area contributed by atoms with Crippen LogP contribution in [0.15, 0.2) is 47.2 Å². The molecule has 0 aliphatic carbocycles. The van der Waals surface area contributed by atoms with Crippen LogP contribution in [0.2, 0.25) is 0 Å². The molecule has 0 aliphatic heterocycles. The minimum absolute atomic E-state index is 0.409. The van der Waals surface area contributed by atoms with Crippen LogP contribution in [0.5, 0.6) is 0 Å². The molecule has 7 nitrogen and oxygen atoms in total. The molecule has 0 saturated carbocycles. The quantitative estimate of drug-likeness (QED) is 0.403. The van der Waals surface area contributed by atoms with E-state index in [1.807, 2.05) is 29.0 Å². The van der Waals surface area contributed by atoms with Crippen LogP contribution >= 0.6 is 11.3 Å². The Kier molecular flexibility index (Phi) is 8.23. The van der Waals surface area contributed by atoms with Crippen LogP contribution in [0.1, 0.15) is 29.8 Å². The first-order chi connectivity index (χ1) is 13.5. The summed E-state index contributed by atoms with van der Waals surface area (Å²) in [6, 6.07) is 8.93. The zero-order valence-corrected chi connectivity index (χ0v) is 16.6. The zero-order valence-electron chi connectivity index (χ0n) is 15.8. The predicted molar refractivity (Wildman–Crippen MR) is 110 cm³/mol. The molecule has 1 heterocycles. The molecule has 2 amide bonds. The van der Waals surface area contributed by atoms with E-state index in [-0.39, 0.29) is 0 Å². The van der Waals surface area contributed by atoms with Crippen molar-refractivity contribution in [2.45, 2.75) is 13.8 Å². The number of hydrogen-bond acceptors (Lipinski definition) is 6. The van der Waals surface area contributed by atoms with Crippen LogP contribution in [-0.2, 0) is 14.3 Å². The molecule has 0 bridgehead atoms. The largest absolute Gasteiger partial charge is 0.452 e. The number of esters is 1. The first-order valence-electron chi connectivity index (χ1n) is 8.84. The molecule has 0 spiro atoms. The van der Waals surface area contributed by atoms with Crippen molar-refractivity contribution < 1.29 is 19.1 Å². The number of benzene rings is 1. The standard InChI is InChI=1S/C20H23N3O4S/c1-3-23(4-2)17-8-6-16(7-9-17)20(26)22-21-18(24)13-27-19(25)10-5-15-11-12-28-14-15/h5-12,14H,3-4,13H2,1-2H3,(H,21,24)(H,22,26)/b10-5+. The van der Waals surface area contributed by atoms with E-state index < -0.39 is 24.4 Å². The average Bonchev–Trinajstić information content (AvgIpc) is 3.24. The van der Waals surface area contributed by atoms with E-state index in [9.17, 15) is 14.4 Å². The summed E-state index contributed by atoms with van der Waals surface area (Å²) in [6.07, 6.45) is 2.84. The summed E-state index contributed by atoms with van der Waals surface area (Å²) in [5.74, 6) is -1.73. The molecular formula is C20H23N3O4S. The average molecular weight is 401 g/mol. The highest BCUT2D eigenvalue weighted by molar-refractivity contribution is 7.08. The highest BCUT2D eigenvalue weighted by atomic mass is 32.1. The van der Waals surface area contributed by atoms with Crippen molar-refractivity contribution in [3.63, 3.8) is 0 Å². The Morgan fingerprint density at radius 3 is 2.39 bits per heavy atom. The van der Waals surface area contributed by atoms with Crippen molar-refractivity contribution in [1.82, 2.24) is 10.9 Å². The fraction of sp³-hybridized carbons (Fsp3) is 0.250. The smallest absolute Gasteiger partial charge is 0.331 e. The molecule has 2 rings (SSSR count). The van der Waals surface area contributed by atoms with Gasteiger partial charge in [0.1, 0.15) is 0 Å². The fourth-order valence-corrected chi connectivity index (χ4v) is 2.99. The first-order valence-corrected chi connectivity index (χ1v) is 9.79. The maximum Gasteiger partial charge on any atom is 0.331 e. The lowest BCUT2D eigenvalue weighted by Gasteiger charge is -2.21. The molecule has 2 N–H and O–H groups in total. The zero-order chi connectivity index (χ0) is 20.4. The van der Waals surface area contributed by atoms with E-state index in [0.717, 1.165) is 24.3 Å². The normalized spacial score (nSPS) is 10.5. The Morgan fingerprint density at radius 2 is 1.79 bits per heavy atom. The summed E-state index contributed by atoms with van der Waals surface area (Å²) in [4.78, 5) is 37.5. The number of carbonyl (C=O) groups excluding carboxylic acids is 3. The van der Waals surface area contributed by atoms with E-state index >= 15 is 0 Å². The lowest BCUT2D eigenvalue weighted by molar-refractivity contribution is -0.144. The van der Waals surface area contributed by atoms with Gasteiger partial charge in [0.05, 0.1) is 0 Å². The van der Waals surface area contributed by atoms with Gasteiger partial charge in [0.25, 0.3) is 11.8 Å². The van der Waals surface area contributed by atoms with Crippen molar-refractivity contribution in [3.05, 3.63) is 58.3 Å². The van der Waals surface area contributed by atoms with Gasteiger partial charge in [0.15, 0.2) is 6.61 Å². The summed E-state index contributed by atoms with van der Waals surface area (Å²) >= 11 is 1.51. The number of carbonyl (C=O) groups is 3. The highest BCUT2D eigenvalue weighted by Crippen LogP contribution is 2.14. The second-order valence-electron chi connectivity index (χ2n) is 5.72. The minimum Gasteiger partial charge on any atom is -0.452 e. The van der Waals surface area contributed by atoms with Crippen LogP contribution in [-0.4, -0.2) is 37.5 Å². The number of rotatable bonds is 8. The van der Waals surface area contributed by atoms with Gasteiger partial charge in [0.2, 0.25) is 0 Å². The molecule has 1 aromatic carbocycles. The fourth-order valence-electron chi connectivity index (χ4n) is 2.37. The maximum absolute atomic E-state index is 12.1. The second-order valence-corrected chi connectivity index (χ2v) is 6.50. The molecule has 0 atom stereocenters. The monoisotopic (exact) mass is 401 g/mol. The molecule has 148 valence electrons. The topological polar surface area (TPSA) is 87.7 Å². The number of amides is 2. The molecular weight excluding hydrogens is 378 g/mol. The molecule has 0 unspecified atom stereocenters. The van der Waals surface area contributed by atoms with Crippen molar-refractivity contribution in [2.24, 2.45) is 0 Å². The SMILES string of the molecule is CCN(CC)c1ccc(C(=O)NNC(=O)COC(=O)/C=C/c2ccsc2)cc1. The summed E-state index contributed by atoms with van der Waals surface area (Å²) < 4.78 is 4.82. The van der Waals surface area contributed by atoms with Gasteiger partial charge in [-0.3, -0.25) is 20.4 Å². The maximum atomic E-state index is 12.1. The van der Waals surface area contributed by atoms with Gasteiger partial charge in [-0.05, 0) is 66.6 Å². The van der Waals surface area contributed by atoms with Gasteiger partial charge >= 0.3 is 5.97 Å². The van der Waals surface area contributed by atoms with Gasteiger partial charge in [-0.15, -0.1) is 0 Å². The highest BCUT2D eigenvalue weighted by Gasteiger charge is 2.10. The van der Waals surface area contributed by atoms with Crippen LogP contribution in [0.4, 0.5) is 5.69 Å². The predicted octanol–water partition coefficient (Wildman–Crippen LogP) is 2.61. The summed E-state index contributed by atoms with van der Waals surface area (Å²) in [6.45, 7) is 5.38. The number of nitrogens with one attached hydrogen (secondary N) is 2. The Bertz CT molecular complexity index is 812. The molecule has 0 aliphatic rings. The molecule has 0 radical (unpaired) electrons. The number of nitrogens with zero attached hydrogens (tertiary/aromatic N) is 1. The van der Waals surface area contributed by atoms with Crippen LogP contribution in [0.25, 0.3) is 6.08 Å². The van der Waals surface area contributed by atoms with Crippen molar-refractivity contribution in [2.75, 3.05) is 24.6 Å². The van der Waals surface area contributed by atoms with Gasteiger partial charge in [0, 0.05) is 30.4 Å². The molecule has 0 saturated heterocycles. The van der Waals surface area contributed by atoms with E-state index in [1.54, 1.807) is 18.2 Å². The van der Waals surface area contributed by atoms with Crippen molar-refractivity contribution >= 4 is 40.9 Å². The number of ether oxygens (including phenoxy) is 1. The van der Waals surface area contributed by atoms with E-state index in [1.165, 1.54) is 17.4 Å². The Hall–Kier alpha value is -3.13. The van der Waals surface area contributed by atoms with E-state index in [0.29, 0.717) is 5.56 Å². The van der Waals surface area contributed by atoms with Gasteiger partial charge < -0.3 is 9.64 Å². The van der Waals surface area contributed by atoms with E-state index in [4.69, 9.17) is 4.74 Å². The third-order valence-electron chi connectivity index (χ3n) is 3.87. The van der Waals surface area contributed by atoms with Crippen LogP contribution in [0, 0.1) is 0 Å². The summed E-state index contributed by atoms with van der Waals surface area (Å²) in [5.41, 5.74) is 6.82. The third kappa shape index (κ3) is 6.55. The van der Waals surface area contributed by atoms with Gasteiger partial charge in [-0.25, -0.2) is 4.79 Å². The first kappa shape index (κ1) is 21.2. The molecule has 2 aromatic rings. The Morgan fingerprint density at radius 1 is 1.07 bits per heavy atom. The lowest BCUT2D eigenvalue weighted by Crippen LogP contribution is -2.43. The number of hydrazine groups is 1. The molecule has 1 aromatic heterocycles. The Labute approximate surface area is 168 Å². The summed E-state index contributed by atoms with van der Waals surface area (Å²) in [5, 5.41) is 3.76. The van der Waals surface area contributed by atoms with Crippen molar-refractivity contribution in [3.8, 4) is 0 Å². The van der Waals surface area contributed by atoms with Crippen LogP contribution < -0.4 is 15.8 Å². The van der Waals surface area contributed by atoms with E-state index in [2.05, 4.69) is 29.6 Å². The Balaban J connectivity index is 1.74. The number of thiophene rings is 1. The lowest BCUT2D eigenvalue weighted by atomic mass is 10.2. The number of anilines is 1. The molecule has 8 heteroatoms. The third-order valence-corrected chi connectivity index (χ3v) is 4.58. The molecule has 0 fully saturated rings. The minimum atomic E-state index is -0.639. The van der Waals surface area contributed by atoms with Crippen LogP contribution in [0.3, 0.4) is 0 Å². The second kappa shape index (κ2) is 10.9. The van der Waals surface area contributed by atoms with Gasteiger partial charge in [-0.2, -0.15) is 11.3 Å².